The van der Waals surface area contributed by atoms with E-state index >= 15 is 0 Å². The van der Waals surface area contributed by atoms with Crippen LogP contribution in [0, 0.1) is 6.92 Å². The first kappa shape index (κ1) is 10.2. The molecule has 1 aliphatic rings. The van der Waals surface area contributed by atoms with Gasteiger partial charge < -0.3 is 5.73 Å². The molecule has 80 valence electrons. The molecule has 0 aromatic carbocycles. The summed E-state index contributed by atoms with van der Waals surface area (Å²) in [5.41, 5.74) is 8.34. The predicted octanol–water partition coefficient (Wildman–Crippen LogP) is 1.43. The van der Waals surface area contributed by atoms with Crippen molar-refractivity contribution in [2.75, 3.05) is 4.72 Å². The van der Waals surface area contributed by atoms with E-state index < -0.39 is 0 Å². The van der Waals surface area contributed by atoms with Crippen LogP contribution in [0.15, 0.2) is 4.40 Å². The highest BCUT2D eigenvalue weighted by molar-refractivity contribution is 7.99. The fourth-order valence-electron chi connectivity index (χ4n) is 1.44. The Labute approximate surface area is 92.9 Å². The highest BCUT2D eigenvalue weighted by atomic mass is 32.2. The first-order valence-electron chi connectivity index (χ1n) is 4.85. The van der Waals surface area contributed by atoms with E-state index in [-0.39, 0.29) is 0 Å². The van der Waals surface area contributed by atoms with Crippen LogP contribution in [-0.2, 0) is 6.42 Å². The van der Waals surface area contributed by atoms with Gasteiger partial charge in [0.1, 0.15) is 5.69 Å². The Hall–Kier alpha value is -1.30. The van der Waals surface area contributed by atoms with Crippen molar-refractivity contribution < 1.29 is 0 Å². The number of nitrogens with zero attached hydrogens (tertiary/aromatic N) is 3. The normalized spacial score (nSPS) is 14.1. The third-order valence-electron chi connectivity index (χ3n) is 2.18. The summed E-state index contributed by atoms with van der Waals surface area (Å²) in [5.74, 6) is 1.16. The van der Waals surface area contributed by atoms with Gasteiger partial charge in [0.25, 0.3) is 0 Å². The lowest BCUT2D eigenvalue weighted by atomic mass is 10.2. The molecule has 0 bridgehead atoms. The van der Waals surface area contributed by atoms with E-state index in [0.29, 0.717) is 11.5 Å². The van der Waals surface area contributed by atoms with E-state index in [1.807, 2.05) is 6.92 Å². The molecular formula is C9H13N5S. The zero-order chi connectivity index (χ0) is 10.8. The number of hydrogen-bond donors (Lipinski definition) is 2. The van der Waals surface area contributed by atoms with Crippen molar-refractivity contribution in [2.24, 2.45) is 10.1 Å². The van der Waals surface area contributed by atoms with Crippen LogP contribution in [0.5, 0.6) is 0 Å². The van der Waals surface area contributed by atoms with Crippen LogP contribution in [0.2, 0.25) is 0 Å². The highest BCUT2D eigenvalue weighted by Crippen LogP contribution is 2.22. The van der Waals surface area contributed by atoms with E-state index in [9.17, 15) is 0 Å². The molecule has 1 aromatic heterocycles. The standard InChI is InChI=1S/C9H13N5S/c1-3-4-6-5(2)11-7-8(10)13-15-14-9(7)12-6/h3-4H2,1-2H3,(H2,10,13)(H,12,14). The molecule has 2 rings (SSSR count). The summed E-state index contributed by atoms with van der Waals surface area (Å²) in [6, 6.07) is 0. The van der Waals surface area contributed by atoms with Crippen molar-refractivity contribution in [1.82, 2.24) is 9.97 Å². The molecule has 0 amide bonds. The molecule has 0 fully saturated rings. The van der Waals surface area contributed by atoms with Crippen LogP contribution in [-0.4, -0.2) is 15.8 Å². The number of amidine groups is 1. The molecule has 0 saturated carbocycles. The predicted molar refractivity (Wildman–Crippen MR) is 62.7 cm³/mol. The summed E-state index contributed by atoms with van der Waals surface area (Å²) >= 11 is 1.19. The van der Waals surface area contributed by atoms with E-state index in [1.165, 1.54) is 12.1 Å². The highest BCUT2D eigenvalue weighted by Gasteiger charge is 2.17. The van der Waals surface area contributed by atoms with Crippen molar-refractivity contribution in [3.63, 3.8) is 0 Å². The second-order valence-electron chi connectivity index (χ2n) is 3.37. The van der Waals surface area contributed by atoms with Gasteiger partial charge in [-0.25, -0.2) is 9.97 Å². The first-order chi connectivity index (χ1) is 7.22. The summed E-state index contributed by atoms with van der Waals surface area (Å²) in [5, 5.41) is 0. The molecule has 6 heteroatoms. The molecule has 0 spiro atoms. The monoisotopic (exact) mass is 223 g/mol. The number of nitrogens with two attached hydrogens (primary N) is 1. The Kier molecular flexibility index (Phi) is 2.77. The van der Waals surface area contributed by atoms with E-state index in [0.717, 1.165) is 30.0 Å². The fourth-order valence-corrected chi connectivity index (χ4v) is 1.90. The lowest BCUT2D eigenvalue weighted by Gasteiger charge is -2.14. The van der Waals surface area contributed by atoms with Gasteiger partial charge in [-0.2, -0.15) is 4.40 Å². The summed E-state index contributed by atoms with van der Waals surface area (Å²) in [6.45, 7) is 4.08. The number of aryl methyl sites for hydroxylation is 2. The van der Waals surface area contributed by atoms with Crippen LogP contribution in [0.3, 0.4) is 0 Å². The minimum absolute atomic E-state index is 0.437. The zero-order valence-corrected chi connectivity index (χ0v) is 9.56. The minimum atomic E-state index is 0.437. The second kappa shape index (κ2) is 4.06. The Balaban J connectivity index is 2.46. The lowest BCUT2D eigenvalue weighted by molar-refractivity contribution is 0.854. The number of hydrogen-bond acceptors (Lipinski definition) is 6. The van der Waals surface area contributed by atoms with E-state index in [1.54, 1.807) is 0 Å². The largest absolute Gasteiger partial charge is 0.381 e. The van der Waals surface area contributed by atoms with Gasteiger partial charge in [-0.3, -0.25) is 4.72 Å². The average molecular weight is 223 g/mol. The molecule has 0 aliphatic carbocycles. The SMILES string of the molecule is CCCc1nc2c(nc1C)C(N)=NSN2. The van der Waals surface area contributed by atoms with Crippen LogP contribution >= 0.6 is 12.1 Å². The Morgan fingerprint density at radius 1 is 1.40 bits per heavy atom. The molecule has 3 N–H and O–H groups in total. The van der Waals surface area contributed by atoms with Crippen molar-refractivity contribution in [3.05, 3.63) is 17.1 Å². The first-order valence-corrected chi connectivity index (χ1v) is 5.63. The molecule has 0 saturated heterocycles. The van der Waals surface area contributed by atoms with Crippen LogP contribution in [0.1, 0.15) is 30.4 Å². The van der Waals surface area contributed by atoms with Crippen molar-refractivity contribution in [1.29, 1.82) is 0 Å². The number of nitrogens with one attached hydrogen (secondary N) is 1. The molecule has 0 atom stereocenters. The lowest BCUT2D eigenvalue weighted by Crippen LogP contribution is -2.21. The Morgan fingerprint density at radius 3 is 2.93 bits per heavy atom. The van der Waals surface area contributed by atoms with E-state index in [2.05, 4.69) is 26.0 Å². The fraction of sp³-hybridized carbons (Fsp3) is 0.444. The molecular weight excluding hydrogens is 210 g/mol. The maximum atomic E-state index is 5.73. The third-order valence-corrected chi connectivity index (χ3v) is 2.76. The summed E-state index contributed by atoms with van der Waals surface area (Å²) in [7, 11) is 0. The van der Waals surface area contributed by atoms with E-state index in [4.69, 9.17) is 5.73 Å². The zero-order valence-electron chi connectivity index (χ0n) is 8.74. The van der Waals surface area contributed by atoms with Gasteiger partial charge in [0, 0.05) is 0 Å². The molecule has 1 aliphatic heterocycles. The van der Waals surface area contributed by atoms with Gasteiger partial charge in [-0.15, -0.1) is 0 Å². The number of fused-ring (bicyclic) bond motifs is 1. The molecule has 1 aromatic rings. The molecule has 5 nitrogen and oxygen atoms in total. The van der Waals surface area contributed by atoms with Crippen LogP contribution in [0.25, 0.3) is 0 Å². The molecule has 15 heavy (non-hydrogen) atoms. The van der Waals surface area contributed by atoms with Crippen LogP contribution in [0.4, 0.5) is 5.82 Å². The third kappa shape index (κ3) is 1.90. The maximum Gasteiger partial charge on any atom is 0.167 e. The quantitative estimate of drug-likeness (QED) is 0.742. The molecule has 0 radical (unpaired) electrons. The smallest absolute Gasteiger partial charge is 0.167 e. The van der Waals surface area contributed by atoms with Gasteiger partial charge in [0.05, 0.1) is 23.5 Å². The second-order valence-corrected chi connectivity index (χ2v) is 3.94. The number of aromatic nitrogens is 2. The van der Waals surface area contributed by atoms with Crippen molar-refractivity contribution in [3.8, 4) is 0 Å². The van der Waals surface area contributed by atoms with Crippen molar-refractivity contribution >= 4 is 23.8 Å². The Morgan fingerprint density at radius 2 is 2.20 bits per heavy atom. The average Bonchev–Trinajstić information content (AvgIpc) is 2.21. The number of anilines is 1. The van der Waals surface area contributed by atoms with Gasteiger partial charge in [0.15, 0.2) is 11.7 Å². The maximum absolute atomic E-state index is 5.73. The van der Waals surface area contributed by atoms with Gasteiger partial charge in [0.2, 0.25) is 0 Å². The van der Waals surface area contributed by atoms with Gasteiger partial charge >= 0.3 is 0 Å². The van der Waals surface area contributed by atoms with Gasteiger partial charge in [-0.05, 0) is 13.3 Å². The van der Waals surface area contributed by atoms with Crippen LogP contribution < -0.4 is 10.5 Å². The minimum Gasteiger partial charge on any atom is -0.381 e. The summed E-state index contributed by atoms with van der Waals surface area (Å²) in [4.78, 5) is 8.92. The molecule has 2 heterocycles. The van der Waals surface area contributed by atoms with Crippen molar-refractivity contribution in [2.45, 2.75) is 26.7 Å². The topological polar surface area (TPSA) is 76.2 Å². The number of rotatable bonds is 2. The summed E-state index contributed by atoms with van der Waals surface area (Å²) < 4.78 is 6.98. The molecule has 0 unspecified atom stereocenters. The Bertz CT molecular complexity index is 415. The van der Waals surface area contributed by atoms with Gasteiger partial charge in [-0.1, -0.05) is 13.3 Å². The summed E-state index contributed by atoms with van der Waals surface area (Å²) in [6.07, 6.45) is 2.00.